The molecule has 0 aromatic heterocycles. The van der Waals surface area contributed by atoms with E-state index in [0.717, 1.165) is 12.6 Å². The normalized spacial score (nSPS) is 27.0. The van der Waals surface area contributed by atoms with E-state index in [0.29, 0.717) is 10.2 Å². The van der Waals surface area contributed by atoms with Crippen molar-refractivity contribution in [1.82, 2.24) is 5.32 Å². The standard InChI is InChI=1S/C11H23NS/c1-6-10(2,3)8-12-9-7-13-11(9,4)5/h9,12H,6-8H2,1-5H3. The third-order valence-electron chi connectivity index (χ3n) is 3.25. The van der Waals surface area contributed by atoms with Crippen molar-refractivity contribution in [3.63, 3.8) is 0 Å². The van der Waals surface area contributed by atoms with Crippen molar-refractivity contribution < 1.29 is 0 Å². The molecule has 0 saturated carbocycles. The van der Waals surface area contributed by atoms with Crippen LogP contribution >= 0.6 is 11.8 Å². The summed E-state index contributed by atoms with van der Waals surface area (Å²) in [5.41, 5.74) is 0.455. The maximum Gasteiger partial charge on any atom is 0.0300 e. The molecule has 0 aliphatic carbocycles. The third kappa shape index (κ3) is 2.88. The zero-order valence-corrected chi connectivity index (χ0v) is 10.4. The highest BCUT2D eigenvalue weighted by atomic mass is 32.2. The first kappa shape index (κ1) is 11.4. The van der Waals surface area contributed by atoms with Crippen LogP contribution in [0.2, 0.25) is 0 Å². The first-order valence-corrected chi connectivity index (χ1v) is 6.23. The van der Waals surface area contributed by atoms with E-state index in [-0.39, 0.29) is 0 Å². The van der Waals surface area contributed by atoms with E-state index in [1.807, 2.05) is 0 Å². The van der Waals surface area contributed by atoms with Crippen LogP contribution in [0.5, 0.6) is 0 Å². The molecule has 1 atom stereocenters. The van der Waals surface area contributed by atoms with Crippen LogP contribution in [0.15, 0.2) is 0 Å². The van der Waals surface area contributed by atoms with Crippen molar-refractivity contribution in [2.75, 3.05) is 12.3 Å². The van der Waals surface area contributed by atoms with Gasteiger partial charge < -0.3 is 5.32 Å². The van der Waals surface area contributed by atoms with Gasteiger partial charge in [0.25, 0.3) is 0 Å². The molecule has 1 aliphatic rings. The van der Waals surface area contributed by atoms with Crippen LogP contribution in [-0.2, 0) is 0 Å². The van der Waals surface area contributed by atoms with E-state index in [9.17, 15) is 0 Å². The molecule has 1 rings (SSSR count). The lowest BCUT2D eigenvalue weighted by atomic mass is 9.89. The fourth-order valence-electron chi connectivity index (χ4n) is 1.33. The Hall–Kier alpha value is 0.310. The monoisotopic (exact) mass is 201 g/mol. The number of hydrogen-bond donors (Lipinski definition) is 1. The highest BCUT2D eigenvalue weighted by Gasteiger charge is 2.39. The number of nitrogens with one attached hydrogen (secondary N) is 1. The number of rotatable bonds is 4. The lowest BCUT2D eigenvalue weighted by Crippen LogP contribution is -2.56. The quantitative estimate of drug-likeness (QED) is 0.750. The average molecular weight is 201 g/mol. The van der Waals surface area contributed by atoms with Gasteiger partial charge in [0, 0.05) is 23.1 Å². The van der Waals surface area contributed by atoms with Gasteiger partial charge in [-0.15, -0.1) is 0 Å². The van der Waals surface area contributed by atoms with Gasteiger partial charge in [0.1, 0.15) is 0 Å². The second-order valence-electron chi connectivity index (χ2n) is 5.37. The molecular formula is C11H23NS. The van der Waals surface area contributed by atoms with Crippen LogP contribution in [-0.4, -0.2) is 23.1 Å². The Labute approximate surface area is 87.1 Å². The molecule has 0 aromatic carbocycles. The molecule has 1 saturated heterocycles. The van der Waals surface area contributed by atoms with Gasteiger partial charge in [-0.25, -0.2) is 0 Å². The van der Waals surface area contributed by atoms with Crippen LogP contribution in [0.4, 0.5) is 0 Å². The van der Waals surface area contributed by atoms with Crippen molar-refractivity contribution >= 4 is 11.8 Å². The summed E-state index contributed by atoms with van der Waals surface area (Å²) in [5.74, 6) is 1.28. The maximum absolute atomic E-state index is 3.68. The Morgan fingerprint density at radius 3 is 2.38 bits per heavy atom. The SMILES string of the molecule is CCC(C)(C)CNC1CSC1(C)C. The molecule has 2 heteroatoms. The zero-order valence-electron chi connectivity index (χ0n) is 9.61. The minimum atomic E-state index is 0.455. The van der Waals surface area contributed by atoms with Gasteiger partial charge in [-0.1, -0.05) is 20.8 Å². The highest BCUT2D eigenvalue weighted by molar-refractivity contribution is 8.02. The van der Waals surface area contributed by atoms with E-state index in [1.54, 1.807) is 0 Å². The van der Waals surface area contributed by atoms with Crippen LogP contribution in [0.1, 0.15) is 41.0 Å². The van der Waals surface area contributed by atoms with E-state index < -0.39 is 0 Å². The predicted octanol–water partition coefficient (Wildman–Crippen LogP) is 2.91. The summed E-state index contributed by atoms with van der Waals surface area (Å²) >= 11 is 2.07. The average Bonchev–Trinajstić information content (AvgIpc) is 2.03. The molecule has 1 heterocycles. The summed E-state index contributed by atoms with van der Waals surface area (Å²) in [6.07, 6.45) is 1.25. The summed E-state index contributed by atoms with van der Waals surface area (Å²) in [5, 5.41) is 3.68. The lowest BCUT2D eigenvalue weighted by Gasteiger charge is -2.45. The zero-order chi connectivity index (χ0) is 10.1. The smallest absolute Gasteiger partial charge is 0.0300 e. The third-order valence-corrected chi connectivity index (χ3v) is 4.77. The molecule has 0 spiro atoms. The molecule has 1 aliphatic heterocycles. The lowest BCUT2D eigenvalue weighted by molar-refractivity contribution is 0.295. The van der Waals surface area contributed by atoms with Crippen molar-refractivity contribution in [3.05, 3.63) is 0 Å². The van der Waals surface area contributed by atoms with Gasteiger partial charge in [0.2, 0.25) is 0 Å². The fraction of sp³-hybridized carbons (Fsp3) is 1.00. The topological polar surface area (TPSA) is 12.0 Å². The van der Waals surface area contributed by atoms with E-state index >= 15 is 0 Å². The molecule has 1 unspecified atom stereocenters. The Kier molecular flexibility index (Phi) is 3.34. The molecule has 0 amide bonds. The Morgan fingerprint density at radius 1 is 1.46 bits per heavy atom. The molecule has 13 heavy (non-hydrogen) atoms. The molecule has 0 bridgehead atoms. The molecule has 78 valence electrons. The first-order valence-electron chi connectivity index (χ1n) is 5.25. The van der Waals surface area contributed by atoms with Crippen LogP contribution in [0.25, 0.3) is 0 Å². The summed E-state index contributed by atoms with van der Waals surface area (Å²) in [4.78, 5) is 0. The molecule has 1 nitrogen and oxygen atoms in total. The van der Waals surface area contributed by atoms with Gasteiger partial charge in [-0.2, -0.15) is 11.8 Å². The van der Waals surface area contributed by atoms with E-state index in [2.05, 4.69) is 51.7 Å². The van der Waals surface area contributed by atoms with Crippen molar-refractivity contribution in [2.24, 2.45) is 5.41 Å². The summed E-state index contributed by atoms with van der Waals surface area (Å²) in [6, 6.07) is 0.725. The summed E-state index contributed by atoms with van der Waals surface area (Å²) < 4.78 is 0.462. The second kappa shape index (κ2) is 3.82. The van der Waals surface area contributed by atoms with Gasteiger partial charge in [-0.05, 0) is 25.7 Å². The first-order chi connectivity index (χ1) is 5.87. The number of hydrogen-bond acceptors (Lipinski definition) is 2. The van der Waals surface area contributed by atoms with Gasteiger partial charge in [-0.3, -0.25) is 0 Å². The molecular weight excluding hydrogens is 178 g/mol. The van der Waals surface area contributed by atoms with Crippen LogP contribution in [0.3, 0.4) is 0 Å². The van der Waals surface area contributed by atoms with Gasteiger partial charge >= 0.3 is 0 Å². The van der Waals surface area contributed by atoms with Crippen LogP contribution in [0, 0.1) is 5.41 Å². The number of thioether (sulfide) groups is 1. The Morgan fingerprint density at radius 2 is 2.08 bits per heavy atom. The van der Waals surface area contributed by atoms with Gasteiger partial charge in [0.15, 0.2) is 0 Å². The molecule has 0 radical (unpaired) electrons. The highest BCUT2D eigenvalue weighted by Crippen LogP contribution is 2.40. The summed E-state index contributed by atoms with van der Waals surface area (Å²) in [6.45, 7) is 12.7. The molecule has 0 aromatic rings. The molecule has 1 N–H and O–H groups in total. The Bertz CT molecular complexity index is 175. The summed E-state index contributed by atoms with van der Waals surface area (Å²) in [7, 11) is 0. The Balaban J connectivity index is 2.27. The van der Waals surface area contributed by atoms with E-state index in [4.69, 9.17) is 0 Å². The minimum Gasteiger partial charge on any atom is -0.311 e. The van der Waals surface area contributed by atoms with Crippen LogP contribution < -0.4 is 5.32 Å². The van der Waals surface area contributed by atoms with Crippen molar-refractivity contribution in [2.45, 2.75) is 51.8 Å². The van der Waals surface area contributed by atoms with E-state index in [1.165, 1.54) is 12.2 Å². The molecule has 1 fully saturated rings. The van der Waals surface area contributed by atoms with Crippen molar-refractivity contribution in [3.8, 4) is 0 Å². The van der Waals surface area contributed by atoms with Gasteiger partial charge in [0.05, 0.1) is 0 Å². The van der Waals surface area contributed by atoms with Crippen molar-refractivity contribution in [1.29, 1.82) is 0 Å². The maximum atomic E-state index is 3.68. The largest absolute Gasteiger partial charge is 0.311 e. The second-order valence-corrected chi connectivity index (χ2v) is 7.04. The predicted molar refractivity (Wildman–Crippen MR) is 62.4 cm³/mol. The fourth-order valence-corrected chi connectivity index (χ4v) is 2.53. The minimum absolute atomic E-state index is 0.455.